The Balaban J connectivity index is 1.62. The van der Waals surface area contributed by atoms with Crippen molar-refractivity contribution in [2.45, 2.75) is 38.2 Å². The minimum atomic E-state index is -0.301. The molecule has 0 bridgehead atoms. The highest BCUT2D eigenvalue weighted by molar-refractivity contribution is 7.15. The van der Waals surface area contributed by atoms with Crippen LogP contribution in [0.25, 0.3) is 0 Å². The van der Waals surface area contributed by atoms with Crippen LogP contribution in [0.2, 0.25) is 10.0 Å². The van der Waals surface area contributed by atoms with Gasteiger partial charge in [0.15, 0.2) is 0 Å². The molecule has 3 rings (SSSR count). The number of rotatable bonds is 5. The number of aromatic nitrogens is 2. The van der Waals surface area contributed by atoms with E-state index in [2.05, 4.69) is 29.4 Å². The van der Waals surface area contributed by atoms with Crippen LogP contribution in [0, 0.1) is 0 Å². The van der Waals surface area contributed by atoms with Gasteiger partial charge in [-0.1, -0.05) is 54.5 Å². The summed E-state index contributed by atoms with van der Waals surface area (Å²) in [7, 11) is 1.75. The Kier molecular flexibility index (Phi) is 6.25. The van der Waals surface area contributed by atoms with Crippen molar-refractivity contribution in [3.8, 4) is 0 Å². The zero-order valence-corrected chi connectivity index (χ0v) is 17.8. The molecule has 0 aliphatic carbocycles. The van der Waals surface area contributed by atoms with Crippen molar-refractivity contribution in [3.63, 3.8) is 0 Å². The lowest BCUT2D eigenvalue weighted by molar-refractivity contribution is 0.111. The third kappa shape index (κ3) is 4.90. The van der Waals surface area contributed by atoms with Gasteiger partial charge in [0.2, 0.25) is 5.13 Å². The average molecular weight is 429 g/mol. The molecule has 0 spiro atoms. The molecule has 1 aromatic carbocycles. The second-order valence-electron chi connectivity index (χ2n) is 7.25. The van der Waals surface area contributed by atoms with Gasteiger partial charge in [-0.15, -0.1) is 10.2 Å². The van der Waals surface area contributed by atoms with Crippen molar-refractivity contribution in [2.75, 3.05) is 25.5 Å². The van der Waals surface area contributed by atoms with Crippen LogP contribution >= 0.6 is 34.5 Å². The summed E-state index contributed by atoms with van der Waals surface area (Å²) in [4.78, 5) is 14.2. The molecular weight excluding hydrogens is 407 g/mol. The zero-order valence-electron chi connectivity index (χ0n) is 15.5. The smallest absolute Gasteiger partial charge is 0.323 e. The van der Waals surface area contributed by atoms with Crippen LogP contribution in [-0.4, -0.2) is 41.3 Å². The number of benzene rings is 1. The van der Waals surface area contributed by atoms with Crippen molar-refractivity contribution >= 4 is 45.7 Å². The molecule has 1 aliphatic rings. The van der Waals surface area contributed by atoms with Gasteiger partial charge in [0.05, 0.1) is 10.0 Å². The van der Waals surface area contributed by atoms with E-state index in [9.17, 15) is 4.79 Å². The van der Waals surface area contributed by atoms with Gasteiger partial charge in [-0.25, -0.2) is 4.79 Å². The largest absolute Gasteiger partial charge is 0.371 e. The van der Waals surface area contributed by atoms with E-state index in [0.717, 1.165) is 30.0 Å². The summed E-state index contributed by atoms with van der Waals surface area (Å²) in [6.07, 6.45) is 1.97. The number of hydrogen-bond acceptors (Lipinski definition) is 5. The fraction of sp³-hybridized carbons (Fsp3) is 0.500. The number of anilines is 1. The molecule has 2 heterocycles. The number of carbonyl (C=O) groups is 1. The van der Waals surface area contributed by atoms with Crippen molar-refractivity contribution < 1.29 is 9.53 Å². The molecule has 146 valence electrons. The number of carbonyl (C=O) groups excluding carboxylic acids is 1. The second-order valence-corrected chi connectivity index (χ2v) is 9.07. The van der Waals surface area contributed by atoms with Gasteiger partial charge in [0, 0.05) is 25.6 Å². The predicted molar refractivity (Wildman–Crippen MR) is 109 cm³/mol. The molecule has 1 N–H and O–H groups in total. The Morgan fingerprint density at radius 2 is 2.15 bits per heavy atom. The Morgan fingerprint density at radius 3 is 2.81 bits per heavy atom. The summed E-state index contributed by atoms with van der Waals surface area (Å²) in [5.74, 6) is 0. The monoisotopic (exact) mass is 428 g/mol. The lowest BCUT2D eigenvalue weighted by Crippen LogP contribution is -2.40. The van der Waals surface area contributed by atoms with Crippen LogP contribution < -0.4 is 5.32 Å². The van der Waals surface area contributed by atoms with E-state index >= 15 is 0 Å². The fourth-order valence-electron chi connectivity index (χ4n) is 3.05. The van der Waals surface area contributed by atoms with Crippen molar-refractivity contribution in [1.29, 1.82) is 0 Å². The molecule has 0 radical (unpaired) electrons. The summed E-state index contributed by atoms with van der Waals surface area (Å²) in [5, 5.41) is 13.3. The van der Waals surface area contributed by atoms with E-state index in [1.54, 1.807) is 18.0 Å². The third-order valence-corrected chi connectivity index (χ3v) is 6.21. The number of amides is 2. The lowest BCUT2D eigenvalue weighted by Gasteiger charge is -2.31. The quantitative estimate of drug-likeness (QED) is 0.715. The topological polar surface area (TPSA) is 67.4 Å². The Labute approximate surface area is 172 Å². The standard InChI is InChI=1S/C18H22Cl2N4O2S/c1-18(2,11-6-7-12(19)13(20)9-11)10-24(3)17(25)21-16-23-22-15(27-16)14-5-4-8-26-14/h6-7,9,14H,4-5,8,10H2,1-3H3,(H,21,23,25). The number of likely N-dealkylation sites (N-methyl/N-ethyl adjacent to an activating group) is 1. The highest BCUT2D eigenvalue weighted by Gasteiger charge is 2.27. The molecule has 9 heteroatoms. The summed E-state index contributed by atoms with van der Waals surface area (Å²) in [6.45, 7) is 5.35. The minimum absolute atomic E-state index is 0.000492. The van der Waals surface area contributed by atoms with Gasteiger partial charge in [-0.3, -0.25) is 5.32 Å². The van der Waals surface area contributed by atoms with Gasteiger partial charge < -0.3 is 9.64 Å². The van der Waals surface area contributed by atoms with Gasteiger partial charge in [0.1, 0.15) is 11.1 Å². The average Bonchev–Trinajstić information content (AvgIpc) is 3.28. The molecule has 1 unspecified atom stereocenters. The third-order valence-electron chi connectivity index (χ3n) is 4.54. The number of nitrogens with zero attached hydrogens (tertiary/aromatic N) is 3. The first-order chi connectivity index (χ1) is 12.8. The van der Waals surface area contributed by atoms with Crippen LogP contribution in [0.3, 0.4) is 0 Å². The predicted octanol–water partition coefficient (Wildman–Crippen LogP) is 5.14. The minimum Gasteiger partial charge on any atom is -0.371 e. The Morgan fingerprint density at radius 1 is 1.37 bits per heavy atom. The maximum atomic E-state index is 12.5. The maximum absolute atomic E-state index is 12.5. The van der Waals surface area contributed by atoms with Crippen molar-refractivity contribution in [2.24, 2.45) is 0 Å². The van der Waals surface area contributed by atoms with Crippen LogP contribution in [0.4, 0.5) is 9.93 Å². The van der Waals surface area contributed by atoms with E-state index in [1.807, 2.05) is 12.1 Å². The molecule has 1 atom stereocenters. The molecular formula is C18H22Cl2N4O2S. The van der Waals surface area contributed by atoms with Crippen LogP contribution in [-0.2, 0) is 10.2 Å². The summed E-state index contributed by atoms with van der Waals surface area (Å²) in [6, 6.07) is 5.31. The fourth-order valence-corrected chi connectivity index (χ4v) is 4.16. The van der Waals surface area contributed by atoms with E-state index < -0.39 is 0 Å². The number of nitrogens with one attached hydrogen (secondary N) is 1. The van der Waals surface area contributed by atoms with Gasteiger partial charge in [-0.2, -0.15) is 0 Å². The van der Waals surface area contributed by atoms with Crippen LogP contribution in [0.5, 0.6) is 0 Å². The maximum Gasteiger partial charge on any atom is 0.323 e. The summed E-state index contributed by atoms with van der Waals surface area (Å²) < 4.78 is 5.60. The normalized spacial score (nSPS) is 17.1. The molecule has 6 nitrogen and oxygen atoms in total. The van der Waals surface area contributed by atoms with E-state index in [1.165, 1.54) is 11.3 Å². The highest BCUT2D eigenvalue weighted by Crippen LogP contribution is 2.33. The molecule has 2 aromatic rings. The molecule has 2 amide bonds. The van der Waals surface area contributed by atoms with Crippen molar-refractivity contribution in [3.05, 3.63) is 38.8 Å². The van der Waals surface area contributed by atoms with Crippen LogP contribution in [0.15, 0.2) is 18.2 Å². The van der Waals surface area contributed by atoms with Crippen LogP contribution in [0.1, 0.15) is 43.4 Å². The second kappa shape index (κ2) is 8.31. The lowest BCUT2D eigenvalue weighted by atomic mass is 9.84. The Hall–Kier alpha value is -1.41. The number of halogens is 2. The van der Waals surface area contributed by atoms with Gasteiger partial charge in [-0.05, 0) is 30.5 Å². The summed E-state index contributed by atoms with van der Waals surface area (Å²) >= 11 is 13.5. The number of urea groups is 1. The zero-order chi connectivity index (χ0) is 19.6. The van der Waals surface area contributed by atoms with Gasteiger partial charge >= 0.3 is 6.03 Å². The van der Waals surface area contributed by atoms with E-state index in [0.29, 0.717) is 21.7 Å². The highest BCUT2D eigenvalue weighted by atomic mass is 35.5. The summed E-state index contributed by atoms with van der Waals surface area (Å²) in [5.41, 5.74) is 0.706. The first-order valence-corrected chi connectivity index (χ1v) is 10.3. The molecule has 27 heavy (non-hydrogen) atoms. The van der Waals surface area contributed by atoms with Crippen molar-refractivity contribution in [1.82, 2.24) is 15.1 Å². The Bertz CT molecular complexity index is 821. The molecule has 1 fully saturated rings. The van der Waals surface area contributed by atoms with Gasteiger partial charge in [0.25, 0.3) is 0 Å². The van der Waals surface area contributed by atoms with E-state index in [-0.39, 0.29) is 17.6 Å². The SMILES string of the molecule is CN(CC(C)(C)c1ccc(Cl)c(Cl)c1)C(=O)Nc1nnc(C2CCCO2)s1. The first-order valence-electron chi connectivity index (χ1n) is 8.69. The van der Waals surface area contributed by atoms with E-state index in [4.69, 9.17) is 27.9 Å². The number of hydrogen-bond donors (Lipinski definition) is 1. The number of ether oxygens (including phenoxy) is 1. The molecule has 1 aliphatic heterocycles. The molecule has 0 saturated carbocycles. The first kappa shape index (κ1) is 20.3. The molecule has 1 aromatic heterocycles. The molecule has 1 saturated heterocycles.